The first kappa shape index (κ1) is 17.0. The SMILES string of the molecule is CC(=O)Oc1cccc(C(=O)Nc2ccc(OCC(=O)O)cc2)c1. The molecule has 124 valence electrons. The lowest BCUT2D eigenvalue weighted by Crippen LogP contribution is -2.12. The summed E-state index contributed by atoms with van der Waals surface area (Å²) in [6.45, 7) is 0.843. The van der Waals surface area contributed by atoms with Crippen LogP contribution in [-0.4, -0.2) is 29.6 Å². The smallest absolute Gasteiger partial charge is 0.341 e. The third kappa shape index (κ3) is 5.13. The molecule has 0 aromatic heterocycles. The number of carboxylic acids is 1. The number of rotatable bonds is 6. The molecule has 1 amide bonds. The fraction of sp³-hybridized carbons (Fsp3) is 0.118. The fourth-order valence-electron chi connectivity index (χ4n) is 1.85. The minimum absolute atomic E-state index is 0.285. The van der Waals surface area contributed by atoms with E-state index in [1.165, 1.54) is 13.0 Å². The number of hydrogen-bond acceptors (Lipinski definition) is 5. The molecule has 24 heavy (non-hydrogen) atoms. The summed E-state index contributed by atoms with van der Waals surface area (Å²) in [5.41, 5.74) is 0.848. The number of nitrogens with one attached hydrogen (secondary N) is 1. The highest BCUT2D eigenvalue weighted by Crippen LogP contribution is 2.18. The van der Waals surface area contributed by atoms with Crippen molar-refractivity contribution in [2.24, 2.45) is 0 Å². The van der Waals surface area contributed by atoms with Crippen LogP contribution in [0, 0.1) is 0 Å². The van der Waals surface area contributed by atoms with Crippen LogP contribution in [-0.2, 0) is 9.59 Å². The molecule has 2 aromatic rings. The second-order valence-electron chi connectivity index (χ2n) is 4.78. The van der Waals surface area contributed by atoms with Gasteiger partial charge in [0.1, 0.15) is 11.5 Å². The van der Waals surface area contributed by atoms with Gasteiger partial charge in [-0.2, -0.15) is 0 Å². The summed E-state index contributed by atoms with van der Waals surface area (Å²) in [5, 5.41) is 11.2. The number of aliphatic carboxylic acids is 1. The Bertz CT molecular complexity index is 754. The first-order valence-corrected chi connectivity index (χ1v) is 6.98. The van der Waals surface area contributed by atoms with Gasteiger partial charge in [-0.05, 0) is 42.5 Å². The molecule has 2 rings (SSSR count). The quantitative estimate of drug-likeness (QED) is 0.623. The van der Waals surface area contributed by atoms with Crippen molar-refractivity contribution in [1.82, 2.24) is 0 Å². The number of hydrogen-bond donors (Lipinski definition) is 2. The number of carbonyl (C=O) groups is 3. The van der Waals surface area contributed by atoms with E-state index in [4.69, 9.17) is 14.6 Å². The van der Waals surface area contributed by atoms with E-state index in [9.17, 15) is 14.4 Å². The van der Waals surface area contributed by atoms with E-state index in [1.54, 1.807) is 42.5 Å². The predicted molar refractivity (Wildman–Crippen MR) is 85.3 cm³/mol. The number of anilines is 1. The monoisotopic (exact) mass is 329 g/mol. The van der Waals surface area contributed by atoms with Crippen molar-refractivity contribution < 1.29 is 29.0 Å². The average Bonchev–Trinajstić information content (AvgIpc) is 2.53. The number of benzene rings is 2. The lowest BCUT2D eigenvalue weighted by molar-refractivity contribution is -0.139. The Labute approximate surface area is 137 Å². The minimum Gasteiger partial charge on any atom is -0.482 e. The Morgan fingerprint density at radius 1 is 1.04 bits per heavy atom. The van der Waals surface area contributed by atoms with E-state index >= 15 is 0 Å². The standard InChI is InChI=1S/C17H15NO6/c1-11(19)24-15-4-2-3-12(9-15)17(22)18-13-5-7-14(8-6-13)23-10-16(20)21/h2-9H,10H2,1H3,(H,18,22)(H,20,21). The van der Waals surface area contributed by atoms with Gasteiger partial charge in [0.25, 0.3) is 5.91 Å². The zero-order chi connectivity index (χ0) is 17.5. The van der Waals surface area contributed by atoms with Gasteiger partial charge in [0, 0.05) is 18.2 Å². The van der Waals surface area contributed by atoms with E-state index < -0.39 is 18.5 Å². The van der Waals surface area contributed by atoms with Gasteiger partial charge in [-0.15, -0.1) is 0 Å². The zero-order valence-corrected chi connectivity index (χ0v) is 12.8. The molecular weight excluding hydrogens is 314 g/mol. The molecule has 0 fully saturated rings. The Morgan fingerprint density at radius 2 is 1.75 bits per heavy atom. The number of carbonyl (C=O) groups excluding carboxylic acids is 2. The summed E-state index contributed by atoms with van der Waals surface area (Å²) in [5.74, 6) is -1.24. The number of carboxylic acid groups (broad SMARTS) is 1. The van der Waals surface area contributed by atoms with Crippen LogP contribution in [0.1, 0.15) is 17.3 Å². The summed E-state index contributed by atoms with van der Waals surface area (Å²) in [6, 6.07) is 12.5. The topological polar surface area (TPSA) is 102 Å². The van der Waals surface area contributed by atoms with Gasteiger partial charge >= 0.3 is 11.9 Å². The van der Waals surface area contributed by atoms with Crippen LogP contribution in [0.2, 0.25) is 0 Å². The highest BCUT2D eigenvalue weighted by molar-refractivity contribution is 6.04. The first-order chi connectivity index (χ1) is 11.4. The molecule has 0 aliphatic rings. The van der Waals surface area contributed by atoms with Crippen LogP contribution in [0.3, 0.4) is 0 Å². The van der Waals surface area contributed by atoms with E-state index in [0.717, 1.165) is 0 Å². The van der Waals surface area contributed by atoms with Gasteiger partial charge < -0.3 is 19.9 Å². The predicted octanol–water partition coefficient (Wildman–Crippen LogP) is 2.33. The Hall–Kier alpha value is -3.35. The maximum Gasteiger partial charge on any atom is 0.341 e. The lowest BCUT2D eigenvalue weighted by atomic mass is 10.2. The molecule has 0 unspecified atom stereocenters. The number of ether oxygens (including phenoxy) is 2. The molecule has 0 bridgehead atoms. The molecule has 0 aliphatic heterocycles. The maximum atomic E-state index is 12.2. The lowest BCUT2D eigenvalue weighted by Gasteiger charge is -2.08. The van der Waals surface area contributed by atoms with Crippen molar-refractivity contribution in [3.8, 4) is 11.5 Å². The first-order valence-electron chi connectivity index (χ1n) is 6.98. The van der Waals surface area contributed by atoms with Gasteiger partial charge in [0.05, 0.1) is 0 Å². The summed E-state index contributed by atoms with van der Waals surface area (Å²) in [4.78, 5) is 33.6. The van der Waals surface area contributed by atoms with E-state index in [1.807, 2.05) is 0 Å². The van der Waals surface area contributed by atoms with Crippen LogP contribution in [0.5, 0.6) is 11.5 Å². The molecule has 7 nitrogen and oxygen atoms in total. The van der Waals surface area contributed by atoms with Crippen LogP contribution < -0.4 is 14.8 Å². The Kier molecular flexibility index (Phi) is 5.51. The van der Waals surface area contributed by atoms with Gasteiger partial charge in [-0.1, -0.05) is 6.07 Å². The Balaban J connectivity index is 2.01. The van der Waals surface area contributed by atoms with E-state index in [-0.39, 0.29) is 11.7 Å². The molecule has 0 saturated heterocycles. The number of amides is 1. The zero-order valence-electron chi connectivity index (χ0n) is 12.8. The van der Waals surface area contributed by atoms with Gasteiger partial charge in [-0.25, -0.2) is 4.79 Å². The molecule has 0 heterocycles. The van der Waals surface area contributed by atoms with Crippen LogP contribution >= 0.6 is 0 Å². The van der Waals surface area contributed by atoms with Crippen molar-refractivity contribution in [3.63, 3.8) is 0 Å². The largest absolute Gasteiger partial charge is 0.482 e. The molecule has 7 heteroatoms. The molecule has 0 radical (unpaired) electrons. The molecular formula is C17H15NO6. The third-order valence-electron chi connectivity index (χ3n) is 2.83. The molecule has 0 spiro atoms. The number of esters is 1. The van der Waals surface area contributed by atoms with Gasteiger partial charge in [0.2, 0.25) is 0 Å². The minimum atomic E-state index is -1.07. The van der Waals surface area contributed by atoms with Crippen molar-refractivity contribution in [2.75, 3.05) is 11.9 Å². The Morgan fingerprint density at radius 3 is 2.38 bits per heavy atom. The van der Waals surface area contributed by atoms with Crippen LogP contribution in [0.15, 0.2) is 48.5 Å². The summed E-state index contributed by atoms with van der Waals surface area (Å²) in [6.07, 6.45) is 0. The molecule has 0 saturated carbocycles. The van der Waals surface area contributed by atoms with Crippen LogP contribution in [0.25, 0.3) is 0 Å². The molecule has 0 aliphatic carbocycles. The van der Waals surface area contributed by atoms with E-state index in [2.05, 4.69) is 5.32 Å². The van der Waals surface area contributed by atoms with Crippen molar-refractivity contribution in [2.45, 2.75) is 6.92 Å². The molecule has 0 atom stereocenters. The maximum absolute atomic E-state index is 12.2. The van der Waals surface area contributed by atoms with Gasteiger partial charge in [0.15, 0.2) is 6.61 Å². The fourth-order valence-corrected chi connectivity index (χ4v) is 1.85. The molecule has 2 aromatic carbocycles. The van der Waals surface area contributed by atoms with Gasteiger partial charge in [-0.3, -0.25) is 9.59 Å². The van der Waals surface area contributed by atoms with Crippen molar-refractivity contribution in [1.29, 1.82) is 0 Å². The second-order valence-corrected chi connectivity index (χ2v) is 4.78. The van der Waals surface area contributed by atoms with E-state index in [0.29, 0.717) is 17.0 Å². The highest BCUT2D eigenvalue weighted by atomic mass is 16.5. The van der Waals surface area contributed by atoms with Crippen LogP contribution in [0.4, 0.5) is 5.69 Å². The summed E-state index contributed by atoms with van der Waals surface area (Å²) in [7, 11) is 0. The third-order valence-corrected chi connectivity index (χ3v) is 2.83. The second kappa shape index (κ2) is 7.77. The van der Waals surface area contributed by atoms with Crippen molar-refractivity contribution >= 4 is 23.5 Å². The highest BCUT2D eigenvalue weighted by Gasteiger charge is 2.08. The summed E-state index contributed by atoms with van der Waals surface area (Å²) < 4.78 is 9.94. The summed E-state index contributed by atoms with van der Waals surface area (Å²) >= 11 is 0. The van der Waals surface area contributed by atoms with Crippen molar-refractivity contribution in [3.05, 3.63) is 54.1 Å². The normalized spacial score (nSPS) is 9.88. The molecule has 2 N–H and O–H groups in total. The average molecular weight is 329 g/mol.